The molecule has 5 heteroatoms. The average Bonchev–Trinajstić information content (AvgIpc) is 2.75. The third-order valence-electron chi connectivity index (χ3n) is 2.94. The van der Waals surface area contributed by atoms with E-state index in [2.05, 4.69) is 20.9 Å². The van der Waals surface area contributed by atoms with E-state index in [1.807, 2.05) is 16.7 Å². The van der Waals surface area contributed by atoms with Crippen LogP contribution in [0.3, 0.4) is 0 Å². The van der Waals surface area contributed by atoms with Crippen LogP contribution in [0.15, 0.2) is 47.2 Å². The molecular weight excluding hydrogens is 331 g/mol. The van der Waals surface area contributed by atoms with E-state index < -0.39 is 0 Å². The Morgan fingerprint density at radius 2 is 2.05 bits per heavy atom. The number of hydrogen-bond donors (Lipinski definition) is 0. The largest absolute Gasteiger partial charge is 0.326 e. The van der Waals surface area contributed by atoms with Crippen LogP contribution in [0, 0.1) is 5.82 Å². The van der Waals surface area contributed by atoms with Gasteiger partial charge in [0.15, 0.2) is 0 Å². The molecule has 0 aliphatic heterocycles. The fourth-order valence-corrected chi connectivity index (χ4v) is 2.50. The average molecular weight is 340 g/mol. The minimum atomic E-state index is -0.231. The molecule has 96 valence electrons. The van der Waals surface area contributed by atoms with Gasteiger partial charge in [0.1, 0.15) is 5.82 Å². The van der Waals surface area contributed by atoms with Crippen molar-refractivity contribution in [2.45, 2.75) is 6.54 Å². The molecule has 19 heavy (non-hydrogen) atoms. The first kappa shape index (κ1) is 12.6. The van der Waals surface area contributed by atoms with Crippen molar-refractivity contribution in [2.75, 3.05) is 0 Å². The lowest BCUT2D eigenvalue weighted by atomic mass is 10.2. The molecule has 0 aliphatic rings. The lowest BCUT2D eigenvalue weighted by molar-refractivity contribution is 0.600. The Morgan fingerprint density at radius 3 is 2.84 bits per heavy atom. The summed E-state index contributed by atoms with van der Waals surface area (Å²) in [7, 11) is 0. The second-order valence-electron chi connectivity index (χ2n) is 4.24. The molecule has 0 spiro atoms. The van der Waals surface area contributed by atoms with Gasteiger partial charge in [0, 0.05) is 15.1 Å². The first-order valence-corrected chi connectivity index (χ1v) is 6.85. The summed E-state index contributed by atoms with van der Waals surface area (Å²) in [6.07, 6.45) is 1.70. The van der Waals surface area contributed by atoms with Crippen molar-refractivity contribution in [3.05, 3.63) is 63.6 Å². The number of imidazole rings is 1. The summed E-state index contributed by atoms with van der Waals surface area (Å²) in [5.74, 6) is -0.231. The van der Waals surface area contributed by atoms with Gasteiger partial charge in [-0.1, -0.05) is 33.6 Å². The molecule has 1 aromatic heterocycles. The monoisotopic (exact) mass is 338 g/mol. The lowest BCUT2D eigenvalue weighted by Crippen LogP contribution is -2.00. The summed E-state index contributed by atoms with van der Waals surface area (Å²) in [4.78, 5) is 4.27. The maximum absolute atomic E-state index is 13.8. The molecule has 2 nitrogen and oxygen atoms in total. The van der Waals surface area contributed by atoms with Gasteiger partial charge < -0.3 is 4.57 Å². The number of fused-ring (bicyclic) bond motifs is 1. The van der Waals surface area contributed by atoms with Crippen LogP contribution in [0.1, 0.15) is 5.56 Å². The van der Waals surface area contributed by atoms with Crippen molar-refractivity contribution in [1.82, 2.24) is 9.55 Å². The molecule has 1 heterocycles. The predicted octanol–water partition coefficient (Wildman–Crippen LogP) is 4.64. The number of benzene rings is 2. The zero-order valence-corrected chi connectivity index (χ0v) is 12.1. The van der Waals surface area contributed by atoms with Gasteiger partial charge in [0.2, 0.25) is 0 Å². The summed E-state index contributed by atoms with van der Waals surface area (Å²) in [5, 5.41) is 0.646. The number of aromatic nitrogens is 2. The van der Waals surface area contributed by atoms with Gasteiger partial charge in [-0.05, 0) is 30.3 Å². The summed E-state index contributed by atoms with van der Waals surface area (Å²) in [5.41, 5.74) is 2.37. The Balaban J connectivity index is 2.01. The molecule has 0 amide bonds. The summed E-state index contributed by atoms with van der Waals surface area (Å²) in [6.45, 7) is 0.442. The Hall–Kier alpha value is -1.39. The maximum atomic E-state index is 13.8. The van der Waals surface area contributed by atoms with Crippen molar-refractivity contribution in [2.24, 2.45) is 0 Å². The Kier molecular flexibility index (Phi) is 3.29. The molecule has 0 fully saturated rings. The van der Waals surface area contributed by atoms with Crippen molar-refractivity contribution in [3.63, 3.8) is 0 Å². The van der Waals surface area contributed by atoms with Gasteiger partial charge in [-0.15, -0.1) is 0 Å². The van der Waals surface area contributed by atoms with Crippen LogP contribution < -0.4 is 0 Å². The van der Waals surface area contributed by atoms with E-state index in [4.69, 9.17) is 11.6 Å². The first-order valence-electron chi connectivity index (χ1n) is 5.68. The number of halogens is 3. The second-order valence-corrected chi connectivity index (χ2v) is 5.59. The van der Waals surface area contributed by atoms with Gasteiger partial charge in [-0.25, -0.2) is 9.37 Å². The highest BCUT2D eigenvalue weighted by Crippen LogP contribution is 2.21. The van der Waals surface area contributed by atoms with Crippen LogP contribution in [0.4, 0.5) is 4.39 Å². The zero-order valence-electron chi connectivity index (χ0n) is 9.78. The van der Waals surface area contributed by atoms with Crippen molar-refractivity contribution < 1.29 is 4.39 Å². The number of rotatable bonds is 2. The van der Waals surface area contributed by atoms with E-state index >= 15 is 0 Å². The van der Waals surface area contributed by atoms with E-state index in [1.165, 1.54) is 6.07 Å². The van der Waals surface area contributed by atoms with E-state index in [1.54, 1.807) is 24.5 Å². The third-order valence-corrected chi connectivity index (χ3v) is 3.67. The van der Waals surface area contributed by atoms with E-state index in [0.717, 1.165) is 15.5 Å². The topological polar surface area (TPSA) is 17.8 Å². The normalized spacial score (nSPS) is 11.1. The standard InChI is InChI=1S/C14H9BrClFN2/c15-10-2-1-9(12(17)5-10)7-19-8-18-13-6-11(16)3-4-14(13)19/h1-6,8H,7H2. The Morgan fingerprint density at radius 1 is 1.21 bits per heavy atom. The van der Waals surface area contributed by atoms with Crippen LogP contribution in [-0.4, -0.2) is 9.55 Å². The van der Waals surface area contributed by atoms with E-state index in [9.17, 15) is 4.39 Å². The molecule has 0 radical (unpaired) electrons. The van der Waals surface area contributed by atoms with Gasteiger partial charge >= 0.3 is 0 Å². The minimum absolute atomic E-state index is 0.231. The van der Waals surface area contributed by atoms with E-state index in [0.29, 0.717) is 17.1 Å². The molecule has 0 atom stereocenters. The molecule has 0 N–H and O–H groups in total. The van der Waals surface area contributed by atoms with Gasteiger partial charge in [0.25, 0.3) is 0 Å². The summed E-state index contributed by atoms with van der Waals surface area (Å²) >= 11 is 9.16. The highest BCUT2D eigenvalue weighted by atomic mass is 79.9. The third kappa shape index (κ3) is 2.51. The maximum Gasteiger partial charge on any atom is 0.129 e. The summed E-state index contributed by atoms with van der Waals surface area (Å²) < 4.78 is 16.5. The highest BCUT2D eigenvalue weighted by molar-refractivity contribution is 9.10. The number of nitrogens with zero attached hydrogens (tertiary/aromatic N) is 2. The molecule has 2 aromatic carbocycles. The molecule has 0 bridgehead atoms. The molecule has 3 aromatic rings. The van der Waals surface area contributed by atoms with E-state index in [-0.39, 0.29) is 5.82 Å². The molecule has 0 saturated carbocycles. The van der Waals surface area contributed by atoms with Crippen molar-refractivity contribution in [3.8, 4) is 0 Å². The van der Waals surface area contributed by atoms with Gasteiger partial charge in [0.05, 0.1) is 23.9 Å². The SMILES string of the molecule is Fc1cc(Br)ccc1Cn1cnc2cc(Cl)ccc21. The first-order chi connectivity index (χ1) is 9.13. The fourth-order valence-electron chi connectivity index (χ4n) is 2.00. The number of hydrogen-bond acceptors (Lipinski definition) is 1. The molecule has 0 aliphatic carbocycles. The van der Waals surface area contributed by atoms with Gasteiger partial charge in [-0.2, -0.15) is 0 Å². The van der Waals surface area contributed by atoms with Crippen LogP contribution in [0.25, 0.3) is 11.0 Å². The van der Waals surface area contributed by atoms with Crippen LogP contribution in [0.2, 0.25) is 5.02 Å². The van der Waals surface area contributed by atoms with Crippen LogP contribution in [-0.2, 0) is 6.54 Å². The van der Waals surface area contributed by atoms with Crippen molar-refractivity contribution in [1.29, 1.82) is 0 Å². The smallest absolute Gasteiger partial charge is 0.129 e. The van der Waals surface area contributed by atoms with Crippen LogP contribution >= 0.6 is 27.5 Å². The highest BCUT2D eigenvalue weighted by Gasteiger charge is 2.07. The molecule has 3 rings (SSSR count). The Labute approximate surface area is 123 Å². The molecule has 0 unspecified atom stereocenters. The Bertz CT molecular complexity index is 754. The molecule has 0 saturated heterocycles. The zero-order chi connectivity index (χ0) is 13.4. The minimum Gasteiger partial charge on any atom is -0.326 e. The summed E-state index contributed by atoms with van der Waals surface area (Å²) in [6, 6.07) is 10.5. The lowest BCUT2D eigenvalue weighted by Gasteiger charge is -2.06. The van der Waals surface area contributed by atoms with Gasteiger partial charge in [-0.3, -0.25) is 0 Å². The predicted molar refractivity (Wildman–Crippen MR) is 77.9 cm³/mol. The second kappa shape index (κ2) is 4.94. The van der Waals surface area contributed by atoms with Crippen LogP contribution in [0.5, 0.6) is 0 Å². The quantitative estimate of drug-likeness (QED) is 0.665. The fraction of sp³-hybridized carbons (Fsp3) is 0.0714. The molecular formula is C14H9BrClFN2. The van der Waals surface area contributed by atoms with Crippen molar-refractivity contribution >= 4 is 38.6 Å².